The quantitative estimate of drug-likeness (QED) is 0.847. The van der Waals surface area contributed by atoms with Crippen LogP contribution >= 0.6 is 0 Å². The summed E-state index contributed by atoms with van der Waals surface area (Å²) in [7, 11) is 0. The molecule has 0 bridgehead atoms. The molecule has 1 aromatic heterocycles. The summed E-state index contributed by atoms with van der Waals surface area (Å²) in [6.45, 7) is 5.98. The number of hydrogen-bond acceptors (Lipinski definition) is 2. The van der Waals surface area contributed by atoms with Gasteiger partial charge in [-0.2, -0.15) is 0 Å². The van der Waals surface area contributed by atoms with Crippen LogP contribution in [0.3, 0.4) is 0 Å². The Labute approximate surface area is 147 Å². The van der Waals surface area contributed by atoms with Gasteiger partial charge in [0.05, 0.1) is 11.6 Å². The number of aryl methyl sites for hydroxylation is 1. The molecule has 2 atom stereocenters. The zero-order valence-electron chi connectivity index (χ0n) is 14.8. The van der Waals surface area contributed by atoms with Gasteiger partial charge in [0, 0.05) is 11.4 Å². The minimum absolute atomic E-state index is 0.0631. The summed E-state index contributed by atoms with van der Waals surface area (Å²) in [4.78, 5) is 24.0. The predicted molar refractivity (Wildman–Crippen MR) is 95.8 cm³/mol. The van der Waals surface area contributed by atoms with E-state index in [0.29, 0.717) is 5.56 Å². The number of benzene rings is 1. The zero-order valence-corrected chi connectivity index (χ0v) is 14.8. The number of rotatable bonds is 6. The van der Waals surface area contributed by atoms with Gasteiger partial charge in [0.1, 0.15) is 6.04 Å². The standard InChI is InChI=1S/C20H24N2O3/c1-12-11-17(19(23)21-18(20(24)25)16-9-10-16)14(3)22(12)13(2)15-7-5-4-6-8-15/h4-8,11,13,16,18H,9-10H2,1-3H3,(H,21,23)(H,24,25). The molecule has 1 aromatic carbocycles. The van der Waals surface area contributed by atoms with E-state index in [-0.39, 0.29) is 17.9 Å². The molecule has 3 rings (SSSR count). The Morgan fingerprint density at radius 2 is 1.84 bits per heavy atom. The van der Waals surface area contributed by atoms with Crippen molar-refractivity contribution in [2.75, 3.05) is 0 Å². The van der Waals surface area contributed by atoms with E-state index in [4.69, 9.17) is 0 Å². The normalized spacial score (nSPS) is 16.3. The van der Waals surface area contributed by atoms with E-state index >= 15 is 0 Å². The minimum atomic E-state index is -0.956. The SMILES string of the molecule is Cc1cc(C(=O)NC(C(=O)O)C2CC2)c(C)n1C(C)c1ccccc1. The Kier molecular flexibility index (Phi) is 4.66. The molecule has 0 aliphatic heterocycles. The fourth-order valence-corrected chi connectivity index (χ4v) is 3.51. The minimum Gasteiger partial charge on any atom is -0.480 e. The van der Waals surface area contributed by atoms with E-state index in [1.807, 2.05) is 38.1 Å². The highest BCUT2D eigenvalue weighted by molar-refractivity contribution is 5.98. The number of aromatic nitrogens is 1. The van der Waals surface area contributed by atoms with E-state index in [1.165, 1.54) is 0 Å². The highest BCUT2D eigenvalue weighted by Crippen LogP contribution is 2.33. The molecule has 5 heteroatoms. The number of carbonyl (C=O) groups excluding carboxylic acids is 1. The second-order valence-corrected chi connectivity index (χ2v) is 6.87. The van der Waals surface area contributed by atoms with Crippen molar-refractivity contribution in [3.63, 3.8) is 0 Å². The summed E-state index contributed by atoms with van der Waals surface area (Å²) in [6.07, 6.45) is 1.72. The molecule has 2 N–H and O–H groups in total. The van der Waals surface area contributed by atoms with Gasteiger partial charge >= 0.3 is 5.97 Å². The molecule has 2 unspecified atom stereocenters. The summed E-state index contributed by atoms with van der Waals surface area (Å²) in [5, 5.41) is 12.0. The van der Waals surface area contributed by atoms with Crippen LogP contribution in [-0.2, 0) is 4.79 Å². The van der Waals surface area contributed by atoms with Crippen molar-refractivity contribution in [2.45, 2.75) is 45.7 Å². The Bertz CT molecular complexity index is 791. The van der Waals surface area contributed by atoms with Crippen molar-refractivity contribution in [2.24, 2.45) is 5.92 Å². The first kappa shape index (κ1) is 17.3. The second-order valence-electron chi connectivity index (χ2n) is 6.87. The summed E-state index contributed by atoms with van der Waals surface area (Å²) < 4.78 is 2.12. The Balaban J connectivity index is 1.86. The number of carboxylic acid groups (broad SMARTS) is 1. The monoisotopic (exact) mass is 340 g/mol. The van der Waals surface area contributed by atoms with E-state index in [2.05, 4.69) is 28.9 Å². The largest absolute Gasteiger partial charge is 0.480 e. The maximum Gasteiger partial charge on any atom is 0.326 e. The number of aliphatic carboxylic acids is 1. The summed E-state index contributed by atoms with van der Waals surface area (Å²) >= 11 is 0. The number of carboxylic acids is 1. The van der Waals surface area contributed by atoms with Crippen molar-refractivity contribution in [1.29, 1.82) is 0 Å². The average molecular weight is 340 g/mol. The summed E-state index contributed by atoms with van der Waals surface area (Å²) in [6, 6.07) is 11.3. The lowest BCUT2D eigenvalue weighted by atomic mass is 10.1. The van der Waals surface area contributed by atoms with Crippen LogP contribution in [0.15, 0.2) is 36.4 Å². The maximum atomic E-state index is 12.6. The third-order valence-electron chi connectivity index (χ3n) is 5.04. The lowest BCUT2D eigenvalue weighted by Crippen LogP contribution is -2.42. The van der Waals surface area contributed by atoms with Crippen molar-refractivity contribution < 1.29 is 14.7 Å². The van der Waals surface area contributed by atoms with Gasteiger partial charge in [0.2, 0.25) is 0 Å². The molecule has 0 spiro atoms. The van der Waals surface area contributed by atoms with Crippen LogP contribution in [-0.4, -0.2) is 27.6 Å². The Hall–Kier alpha value is -2.56. The van der Waals surface area contributed by atoms with Gasteiger partial charge in [-0.1, -0.05) is 30.3 Å². The van der Waals surface area contributed by atoms with Crippen molar-refractivity contribution in [1.82, 2.24) is 9.88 Å². The van der Waals surface area contributed by atoms with Crippen LogP contribution in [0.5, 0.6) is 0 Å². The van der Waals surface area contributed by atoms with Crippen LogP contribution in [0.25, 0.3) is 0 Å². The first-order valence-electron chi connectivity index (χ1n) is 8.67. The summed E-state index contributed by atoms with van der Waals surface area (Å²) in [5.74, 6) is -1.20. The van der Waals surface area contributed by atoms with Crippen LogP contribution in [0.1, 0.15) is 53.1 Å². The van der Waals surface area contributed by atoms with Crippen LogP contribution in [0, 0.1) is 19.8 Å². The van der Waals surface area contributed by atoms with Gasteiger partial charge < -0.3 is 15.0 Å². The van der Waals surface area contributed by atoms with Crippen molar-refractivity contribution in [3.8, 4) is 0 Å². The predicted octanol–water partition coefficient (Wildman–Crippen LogP) is 3.31. The molecule has 1 heterocycles. The molecule has 2 aromatic rings. The number of nitrogens with zero attached hydrogens (tertiary/aromatic N) is 1. The van der Waals surface area contributed by atoms with Crippen LogP contribution < -0.4 is 5.32 Å². The molecule has 5 nitrogen and oxygen atoms in total. The highest BCUT2D eigenvalue weighted by Gasteiger charge is 2.37. The number of hydrogen-bond donors (Lipinski definition) is 2. The van der Waals surface area contributed by atoms with Gasteiger partial charge in [0.25, 0.3) is 5.91 Å². The third kappa shape index (κ3) is 3.45. The van der Waals surface area contributed by atoms with Gasteiger partial charge in [0.15, 0.2) is 0 Å². The lowest BCUT2D eigenvalue weighted by Gasteiger charge is -2.19. The molecular formula is C20H24N2O3. The number of carbonyl (C=O) groups is 2. The van der Waals surface area contributed by atoms with Gasteiger partial charge in [-0.05, 0) is 51.2 Å². The Morgan fingerprint density at radius 3 is 2.40 bits per heavy atom. The first-order valence-corrected chi connectivity index (χ1v) is 8.67. The molecule has 1 saturated carbocycles. The molecule has 25 heavy (non-hydrogen) atoms. The molecule has 132 valence electrons. The van der Waals surface area contributed by atoms with E-state index in [0.717, 1.165) is 29.8 Å². The van der Waals surface area contributed by atoms with Crippen molar-refractivity contribution in [3.05, 3.63) is 58.9 Å². The fourth-order valence-electron chi connectivity index (χ4n) is 3.51. The second kappa shape index (κ2) is 6.75. The Morgan fingerprint density at radius 1 is 1.20 bits per heavy atom. The van der Waals surface area contributed by atoms with E-state index in [9.17, 15) is 14.7 Å². The van der Waals surface area contributed by atoms with Crippen LogP contribution in [0.2, 0.25) is 0 Å². The maximum absolute atomic E-state index is 12.6. The molecule has 0 saturated heterocycles. The zero-order chi connectivity index (χ0) is 18.1. The van der Waals surface area contributed by atoms with Crippen molar-refractivity contribution >= 4 is 11.9 Å². The first-order chi connectivity index (χ1) is 11.9. The smallest absolute Gasteiger partial charge is 0.326 e. The van der Waals surface area contributed by atoms with E-state index < -0.39 is 12.0 Å². The number of nitrogens with one attached hydrogen (secondary N) is 1. The molecule has 1 fully saturated rings. The number of amides is 1. The highest BCUT2D eigenvalue weighted by atomic mass is 16.4. The molecular weight excluding hydrogens is 316 g/mol. The lowest BCUT2D eigenvalue weighted by molar-refractivity contribution is -0.139. The fraction of sp³-hybridized carbons (Fsp3) is 0.400. The van der Waals surface area contributed by atoms with Gasteiger partial charge in [-0.15, -0.1) is 0 Å². The van der Waals surface area contributed by atoms with Crippen LogP contribution in [0.4, 0.5) is 0 Å². The molecule has 1 aliphatic carbocycles. The third-order valence-corrected chi connectivity index (χ3v) is 5.04. The summed E-state index contributed by atoms with van der Waals surface area (Å²) in [5.41, 5.74) is 3.55. The van der Waals surface area contributed by atoms with Gasteiger partial charge in [-0.25, -0.2) is 4.79 Å². The average Bonchev–Trinajstić information content (AvgIpc) is 3.38. The molecule has 0 radical (unpaired) electrons. The molecule has 1 amide bonds. The molecule has 1 aliphatic rings. The van der Waals surface area contributed by atoms with Gasteiger partial charge in [-0.3, -0.25) is 4.79 Å². The van der Waals surface area contributed by atoms with E-state index in [1.54, 1.807) is 0 Å². The topological polar surface area (TPSA) is 71.3 Å².